The molecule has 0 heterocycles. The minimum atomic E-state index is -4.88. The van der Waals surface area contributed by atoms with Crippen molar-refractivity contribution in [3.05, 3.63) is 0 Å². The molecule has 0 aliphatic carbocycles. The number of halogens is 3. The summed E-state index contributed by atoms with van der Waals surface area (Å²) in [5, 5.41) is 10.1. The third kappa shape index (κ3) is 6.23. The molecule has 0 spiro atoms. The Hall–Kier alpha value is -1.31. The zero-order valence-corrected chi connectivity index (χ0v) is 8.38. The van der Waals surface area contributed by atoms with Gasteiger partial charge in [-0.2, -0.15) is 13.2 Å². The quantitative estimate of drug-likeness (QED) is 0.582. The molecule has 1 atom stereocenters. The van der Waals surface area contributed by atoms with Gasteiger partial charge in [-0.3, -0.25) is 9.59 Å². The molecule has 0 aliphatic heterocycles. The van der Waals surface area contributed by atoms with Crippen LogP contribution in [-0.2, 0) is 9.59 Å². The van der Waals surface area contributed by atoms with Gasteiger partial charge in [0.1, 0.15) is 6.04 Å². The number of unbranched alkanes of at least 4 members (excludes halogenated alkanes) is 1. The monoisotopic (exact) mass is 242 g/mol. The Bertz CT molecular complexity index is 255. The van der Waals surface area contributed by atoms with E-state index >= 15 is 0 Å². The van der Waals surface area contributed by atoms with E-state index in [-0.39, 0.29) is 19.4 Å². The Morgan fingerprint density at radius 1 is 1.31 bits per heavy atom. The first-order valence-electron chi connectivity index (χ1n) is 4.58. The maximum absolute atomic E-state index is 11.7. The predicted octanol–water partition coefficient (Wildman–Crippen LogP) is 0.247. The van der Waals surface area contributed by atoms with Crippen molar-refractivity contribution in [3.8, 4) is 0 Å². The van der Waals surface area contributed by atoms with Crippen molar-refractivity contribution >= 4 is 11.9 Å². The maximum atomic E-state index is 11.7. The van der Waals surface area contributed by atoms with Gasteiger partial charge >= 0.3 is 18.1 Å². The summed E-state index contributed by atoms with van der Waals surface area (Å²) >= 11 is 0. The molecule has 0 fully saturated rings. The van der Waals surface area contributed by atoms with Gasteiger partial charge in [0, 0.05) is 6.54 Å². The Labute approximate surface area is 89.8 Å². The molecule has 0 bridgehead atoms. The second kappa shape index (κ2) is 6.31. The predicted molar refractivity (Wildman–Crippen MR) is 48.5 cm³/mol. The third-order valence-corrected chi connectivity index (χ3v) is 1.80. The van der Waals surface area contributed by atoms with Gasteiger partial charge in [0.05, 0.1) is 0 Å². The summed E-state index contributed by atoms with van der Waals surface area (Å²) in [4.78, 5) is 20.6. The van der Waals surface area contributed by atoms with Crippen molar-refractivity contribution < 1.29 is 27.9 Å². The Balaban J connectivity index is 3.55. The molecule has 1 unspecified atom stereocenters. The summed E-state index contributed by atoms with van der Waals surface area (Å²) in [6.07, 6.45) is -4.12. The third-order valence-electron chi connectivity index (χ3n) is 1.80. The fourth-order valence-electron chi connectivity index (χ4n) is 0.915. The van der Waals surface area contributed by atoms with Crippen LogP contribution in [0.1, 0.15) is 19.3 Å². The number of amides is 1. The number of nitrogens with two attached hydrogens (primary N) is 1. The van der Waals surface area contributed by atoms with Crippen LogP contribution >= 0.6 is 0 Å². The van der Waals surface area contributed by atoms with Crippen molar-refractivity contribution in [3.63, 3.8) is 0 Å². The fourth-order valence-corrected chi connectivity index (χ4v) is 0.915. The Kier molecular flexibility index (Phi) is 5.79. The molecular formula is C8H13F3N2O3. The van der Waals surface area contributed by atoms with Crippen molar-refractivity contribution in [1.29, 1.82) is 0 Å². The van der Waals surface area contributed by atoms with Crippen molar-refractivity contribution in [2.45, 2.75) is 31.5 Å². The molecule has 0 saturated carbocycles. The summed E-state index contributed by atoms with van der Waals surface area (Å²) in [5.74, 6) is -3.14. The standard InChI is InChI=1S/C8H13F3N2O3/c9-8(10,11)7(16)13-4-2-1-3-5(12)6(14)15/h5H,1-4,12H2,(H,13,16)(H,14,15). The largest absolute Gasteiger partial charge is 0.480 e. The van der Waals surface area contributed by atoms with Crippen molar-refractivity contribution in [2.75, 3.05) is 6.54 Å². The highest BCUT2D eigenvalue weighted by atomic mass is 19.4. The van der Waals surface area contributed by atoms with Crippen LogP contribution in [-0.4, -0.2) is 35.7 Å². The number of hydrogen-bond donors (Lipinski definition) is 3. The zero-order valence-electron chi connectivity index (χ0n) is 8.38. The van der Waals surface area contributed by atoms with Gasteiger partial charge in [-0.25, -0.2) is 0 Å². The minimum absolute atomic E-state index is 0.148. The number of carboxylic acid groups (broad SMARTS) is 1. The molecule has 4 N–H and O–H groups in total. The average Bonchev–Trinajstić information content (AvgIpc) is 2.14. The van der Waals surface area contributed by atoms with E-state index in [2.05, 4.69) is 0 Å². The van der Waals surface area contributed by atoms with E-state index in [4.69, 9.17) is 10.8 Å². The minimum Gasteiger partial charge on any atom is -0.480 e. The topological polar surface area (TPSA) is 92.4 Å². The van der Waals surface area contributed by atoms with Gasteiger partial charge in [0.2, 0.25) is 0 Å². The van der Waals surface area contributed by atoms with Gasteiger partial charge in [-0.05, 0) is 19.3 Å². The number of rotatable bonds is 6. The van der Waals surface area contributed by atoms with Gasteiger partial charge in [-0.15, -0.1) is 0 Å². The zero-order chi connectivity index (χ0) is 12.8. The molecule has 0 aromatic carbocycles. The summed E-state index contributed by atoms with van der Waals surface area (Å²) in [5.41, 5.74) is 5.16. The Morgan fingerprint density at radius 3 is 2.31 bits per heavy atom. The number of hydrogen-bond acceptors (Lipinski definition) is 3. The van der Waals surface area contributed by atoms with E-state index < -0.39 is 24.1 Å². The second-order valence-electron chi connectivity index (χ2n) is 3.19. The molecule has 0 aromatic heterocycles. The van der Waals surface area contributed by atoms with Gasteiger partial charge in [-0.1, -0.05) is 0 Å². The highest BCUT2D eigenvalue weighted by molar-refractivity contribution is 5.81. The van der Waals surface area contributed by atoms with Crippen LogP contribution in [0.25, 0.3) is 0 Å². The molecule has 0 rings (SSSR count). The molecule has 0 saturated heterocycles. The summed E-state index contributed by atoms with van der Waals surface area (Å²) in [6, 6.07) is -1.02. The summed E-state index contributed by atoms with van der Waals surface area (Å²) < 4.78 is 35.0. The molecular weight excluding hydrogens is 229 g/mol. The van der Waals surface area contributed by atoms with Crippen LogP contribution < -0.4 is 11.1 Å². The summed E-state index contributed by atoms with van der Waals surface area (Å²) in [7, 11) is 0. The van der Waals surface area contributed by atoms with Crippen LogP contribution in [0.5, 0.6) is 0 Å². The molecule has 0 aromatic rings. The fraction of sp³-hybridized carbons (Fsp3) is 0.750. The van der Waals surface area contributed by atoms with E-state index in [9.17, 15) is 22.8 Å². The van der Waals surface area contributed by atoms with Crippen LogP contribution in [0.15, 0.2) is 0 Å². The molecule has 94 valence electrons. The van der Waals surface area contributed by atoms with E-state index in [0.717, 1.165) is 0 Å². The van der Waals surface area contributed by atoms with Crippen molar-refractivity contribution in [2.24, 2.45) is 5.73 Å². The van der Waals surface area contributed by atoms with E-state index in [1.54, 1.807) is 5.32 Å². The molecule has 0 aliphatic rings. The maximum Gasteiger partial charge on any atom is 0.471 e. The van der Waals surface area contributed by atoms with E-state index in [0.29, 0.717) is 6.42 Å². The number of carbonyl (C=O) groups is 2. The SMILES string of the molecule is NC(CCCCNC(=O)C(F)(F)F)C(=O)O. The van der Waals surface area contributed by atoms with E-state index in [1.165, 1.54) is 0 Å². The highest BCUT2D eigenvalue weighted by Crippen LogP contribution is 2.13. The van der Waals surface area contributed by atoms with E-state index in [1.807, 2.05) is 0 Å². The van der Waals surface area contributed by atoms with Crippen LogP contribution in [0.2, 0.25) is 0 Å². The molecule has 16 heavy (non-hydrogen) atoms. The number of aliphatic carboxylic acids is 1. The molecule has 1 amide bonds. The highest BCUT2D eigenvalue weighted by Gasteiger charge is 2.38. The molecule has 5 nitrogen and oxygen atoms in total. The number of alkyl halides is 3. The first-order valence-corrected chi connectivity index (χ1v) is 4.58. The number of nitrogens with one attached hydrogen (secondary N) is 1. The lowest BCUT2D eigenvalue weighted by atomic mass is 10.1. The summed E-state index contributed by atoms with van der Waals surface area (Å²) in [6.45, 7) is -0.148. The Morgan fingerprint density at radius 2 is 1.88 bits per heavy atom. The normalized spacial score (nSPS) is 13.2. The lowest BCUT2D eigenvalue weighted by Crippen LogP contribution is -2.37. The molecule has 0 radical (unpaired) electrons. The second-order valence-corrected chi connectivity index (χ2v) is 3.19. The lowest BCUT2D eigenvalue weighted by Gasteiger charge is -2.08. The van der Waals surface area contributed by atoms with Gasteiger partial charge in [0.25, 0.3) is 0 Å². The van der Waals surface area contributed by atoms with Crippen LogP contribution in [0, 0.1) is 0 Å². The first kappa shape index (κ1) is 14.7. The van der Waals surface area contributed by atoms with Gasteiger partial charge in [0.15, 0.2) is 0 Å². The first-order chi connectivity index (χ1) is 7.25. The van der Waals surface area contributed by atoms with Crippen LogP contribution in [0.4, 0.5) is 13.2 Å². The average molecular weight is 242 g/mol. The number of carbonyl (C=O) groups excluding carboxylic acids is 1. The van der Waals surface area contributed by atoms with Gasteiger partial charge < -0.3 is 16.2 Å². The lowest BCUT2D eigenvalue weighted by molar-refractivity contribution is -0.173. The van der Waals surface area contributed by atoms with Crippen molar-refractivity contribution in [1.82, 2.24) is 5.32 Å². The molecule has 8 heteroatoms. The van der Waals surface area contributed by atoms with Crippen LogP contribution in [0.3, 0.4) is 0 Å². The number of carboxylic acids is 1. The smallest absolute Gasteiger partial charge is 0.471 e.